The molecule has 164 valence electrons. The zero-order valence-electron chi connectivity index (χ0n) is 18.6. The van der Waals surface area contributed by atoms with Crippen LogP contribution < -0.4 is 14.8 Å². The summed E-state index contributed by atoms with van der Waals surface area (Å²) in [6, 6.07) is 18.9. The first-order chi connectivity index (χ1) is 15.4. The second-order valence-corrected chi connectivity index (χ2v) is 7.94. The number of ether oxygens (including phenoxy) is 2. The van der Waals surface area contributed by atoms with Gasteiger partial charge in [0.05, 0.1) is 7.11 Å². The number of nitrogens with one attached hydrogen (secondary N) is 1. The molecule has 0 unspecified atom stereocenters. The van der Waals surface area contributed by atoms with Gasteiger partial charge in [0.1, 0.15) is 17.0 Å². The molecule has 0 aliphatic carbocycles. The van der Waals surface area contributed by atoms with Crippen LogP contribution in [0.25, 0.3) is 22.6 Å². The van der Waals surface area contributed by atoms with E-state index in [0.717, 1.165) is 28.0 Å². The van der Waals surface area contributed by atoms with E-state index in [0.29, 0.717) is 23.2 Å². The molecule has 32 heavy (non-hydrogen) atoms. The first kappa shape index (κ1) is 21.4. The Bertz CT molecular complexity index is 1240. The highest BCUT2D eigenvalue weighted by atomic mass is 16.5. The molecule has 0 bridgehead atoms. The molecule has 1 aromatic heterocycles. The molecule has 4 aromatic rings. The third-order valence-electron chi connectivity index (χ3n) is 5.27. The first-order valence-electron chi connectivity index (χ1n) is 10.5. The second kappa shape index (κ2) is 9.14. The van der Waals surface area contributed by atoms with Crippen molar-refractivity contribution in [1.29, 1.82) is 0 Å². The fourth-order valence-corrected chi connectivity index (χ4v) is 3.32. The number of fused-ring (bicyclic) bond motifs is 1. The molecule has 3 aromatic carbocycles. The van der Waals surface area contributed by atoms with Crippen molar-refractivity contribution in [2.24, 2.45) is 0 Å². The fourth-order valence-electron chi connectivity index (χ4n) is 3.32. The summed E-state index contributed by atoms with van der Waals surface area (Å²) in [5.41, 5.74) is 5.20. The van der Waals surface area contributed by atoms with Gasteiger partial charge in [0.2, 0.25) is 5.89 Å². The monoisotopic (exact) mass is 430 g/mol. The molecule has 0 atom stereocenters. The Hall–Kier alpha value is -3.80. The van der Waals surface area contributed by atoms with E-state index in [9.17, 15) is 4.79 Å². The number of anilines is 1. The van der Waals surface area contributed by atoms with E-state index in [1.807, 2.05) is 31.2 Å². The van der Waals surface area contributed by atoms with Gasteiger partial charge in [-0.3, -0.25) is 4.79 Å². The quantitative estimate of drug-likeness (QED) is 0.392. The maximum absolute atomic E-state index is 12.5. The van der Waals surface area contributed by atoms with E-state index in [2.05, 4.69) is 36.3 Å². The van der Waals surface area contributed by atoms with Gasteiger partial charge < -0.3 is 19.2 Å². The molecule has 6 heteroatoms. The van der Waals surface area contributed by atoms with E-state index >= 15 is 0 Å². The number of amides is 1. The zero-order chi connectivity index (χ0) is 22.7. The van der Waals surface area contributed by atoms with Crippen molar-refractivity contribution in [2.75, 3.05) is 19.0 Å². The minimum Gasteiger partial charge on any atom is -0.497 e. The molecule has 0 saturated carbocycles. The average molecular weight is 431 g/mol. The molecular formula is C26H26N2O4. The van der Waals surface area contributed by atoms with Gasteiger partial charge in [-0.15, -0.1) is 0 Å². The molecule has 6 nitrogen and oxygen atoms in total. The van der Waals surface area contributed by atoms with E-state index in [1.165, 1.54) is 5.56 Å². The van der Waals surface area contributed by atoms with Crippen LogP contribution in [0.4, 0.5) is 5.69 Å². The zero-order valence-corrected chi connectivity index (χ0v) is 18.6. The predicted octanol–water partition coefficient (Wildman–Crippen LogP) is 5.95. The molecule has 0 saturated heterocycles. The largest absolute Gasteiger partial charge is 0.497 e. The van der Waals surface area contributed by atoms with Gasteiger partial charge in [0.25, 0.3) is 5.91 Å². The number of aryl methyl sites for hydroxylation is 1. The highest BCUT2D eigenvalue weighted by Crippen LogP contribution is 2.29. The number of oxazole rings is 1. The van der Waals surface area contributed by atoms with E-state index in [-0.39, 0.29) is 12.5 Å². The van der Waals surface area contributed by atoms with Crippen molar-refractivity contribution in [3.63, 3.8) is 0 Å². The number of rotatable bonds is 7. The van der Waals surface area contributed by atoms with Gasteiger partial charge >= 0.3 is 0 Å². The van der Waals surface area contributed by atoms with Crippen LogP contribution >= 0.6 is 0 Å². The molecule has 0 aliphatic heterocycles. The summed E-state index contributed by atoms with van der Waals surface area (Å²) in [5, 5.41) is 2.91. The van der Waals surface area contributed by atoms with Crippen LogP contribution in [-0.2, 0) is 4.79 Å². The van der Waals surface area contributed by atoms with Crippen LogP contribution in [0.3, 0.4) is 0 Å². The maximum atomic E-state index is 12.5. The number of benzene rings is 3. The van der Waals surface area contributed by atoms with E-state index < -0.39 is 0 Å². The summed E-state index contributed by atoms with van der Waals surface area (Å²) in [5.74, 6) is 2.01. The number of carbonyl (C=O) groups is 1. The van der Waals surface area contributed by atoms with Crippen molar-refractivity contribution in [2.45, 2.75) is 26.7 Å². The average Bonchev–Trinajstić information content (AvgIpc) is 3.23. The Morgan fingerprint density at radius 1 is 1.03 bits per heavy atom. The van der Waals surface area contributed by atoms with Gasteiger partial charge in [-0.25, -0.2) is 4.98 Å². The van der Waals surface area contributed by atoms with Gasteiger partial charge in [-0.1, -0.05) is 26.0 Å². The minimum absolute atomic E-state index is 0.100. The first-order valence-corrected chi connectivity index (χ1v) is 10.5. The summed E-state index contributed by atoms with van der Waals surface area (Å²) >= 11 is 0. The number of hydrogen-bond acceptors (Lipinski definition) is 5. The Morgan fingerprint density at radius 2 is 1.78 bits per heavy atom. The molecule has 1 N–H and O–H groups in total. The van der Waals surface area contributed by atoms with Crippen LogP contribution in [0.2, 0.25) is 0 Å². The maximum Gasteiger partial charge on any atom is 0.262 e. The summed E-state index contributed by atoms with van der Waals surface area (Å²) < 4.78 is 16.6. The number of nitrogens with zero attached hydrogens (tertiary/aromatic N) is 1. The Labute approximate surface area is 187 Å². The summed E-state index contributed by atoms with van der Waals surface area (Å²) in [7, 11) is 1.60. The summed E-state index contributed by atoms with van der Waals surface area (Å²) in [6.45, 7) is 6.13. The SMILES string of the molecule is COc1ccc(OCC(=O)Nc2cc(-c3nc4cc(C(C)C)ccc4o3)ccc2C)cc1. The normalized spacial score (nSPS) is 11.0. The highest BCUT2D eigenvalue weighted by Gasteiger charge is 2.13. The second-order valence-electron chi connectivity index (χ2n) is 7.94. The van der Waals surface area contributed by atoms with E-state index in [1.54, 1.807) is 31.4 Å². The lowest BCUT2D eigenvalue weighted by Crippen LogP contribution is -2.20. The van der Waals surface area contributed by atoms with Crippen molar-refractivity contribution >= 4 is 22.7 Å². The molecule has 0 spiro atoms. The van der Waals surface area contributed by atoms with Gasteiger partial charge in [0.15, 0.2) is 12.2 Å². The molecular weight excluding hydrogens is 404 g/mol. The molecule has 0 fully saturated rings. The third kappa shape index (κ3) is 4.75. The molecule has 1 amide bonds. The van der Waals surface area contributed by atoms with Crippen LogP contribution in [0.5, 0.6) is 11.5 Å². The molecule has 4 rings (SSSR count). The number of carbonyl (C=O) groups excluding carboxylic acids is 1. The molecule has 0 aliphatic rings. The third-order valence-corrected chi connectivity index (χ3v) is 5.27. The summed E-state index contributed by atoms with van der Waals surface area (Å²) in [4.78, 5) is 17.1. The minimum atomic E-state index is -0.250. The molecule has 0 radical (unpaired) electrons. The van der Waals surface area contributed by atoms with Crippen LogP contribution in [0.1, 0.15) is 30.9 Å². The number of aromatic nitrogens is 1. The van der Waals surface area contributed by atoms with Gasteiger partial charge in [-0.2, -0.15) is 0 Å². The van der Waals surface area contributed by atoms with Crippen LogP contribution in [0.15, 0.2) is 65.1 Å². The lowest BCUT2D eigenvalue weighted by Gasteiger charge is -2.11. The summed E-state index contributed by atoms with van der Waals surface area (Å²) in [6.07, 6.45) is 0. The Kier molecular flexibility index (Phi) is 6.12. The standard InChI is InChI=1S/C26H26N2O4/c1-16(2)18-7-12-24-23(13-18)28-26(32-24)19-6-5-17(3)22(14-19)27-25(29)15-31-21-10-8-20(30-4)9-11-21/h5-14,16H,15H2,1-4H3,(H,27,29). The van der Waals surface area contributed by atoms with Crippen LogP contribution in [-0.4, -0.2) is 24.6 Å². The fraction of sp³-hybridized carbons (Fsp3) is 0.231. The smallest absolute Gasteiger partial charge is 0.262 e. The predicted molar refractivity (Wildman–Crippen MR) is 125 cm³/mol. The van der Waals surface area contributed by atoms with Crippen LogP contribution in [0, 0.1) is 6.92 Å². The number of hydrogen-bond donors (Lipinski definition) is 1. The van der Waals surface area contributed by atoms with Crippen molar-refractivity contribution in [1.82, 2.24) is 4.98 Å². The van der Waals surface area contributed by atoms with Gasteiger partial charge in [-0.05, 0) is 72.5 Å². The lowest BCUT2D eigenvalue weighted by atomic mass is 10.0. The van der Waals surface area contributed by atoms with Crippen molar-refractivity contribution < 1.29 is 18.7 Å². The Morgan fingerprint density at radius 3 is 2.50 bits per heavy atom. The highest BCUT2D eigenvalue weighted by molar-refractivity contribution is 5.93. The van der Waals surface area contributed by atoms with Gasteiger partial charge in [0, 0.05) is 11.3 Å². The number of methoxy groups -OCH3 is 1. The molecule has 1 heterocycles. The van der Waals surface area contributed by atoms with E-state index in [4.69, 9.17) is 13.9 Å². The van der Waals surface area contributed by atoms with Crippen molar-refractivity contribution in [3.05, 3.63) is 71.8 Å². The Balaban J connectivity index is 1.48. The topological polar surface area (TPSA) is 73.6 Å². The lowest BCUT2D eigenvalue weighted by molar-refractivity contribution is -0.118. The van der Waals surface area contributed by atoms with Crippen molar-refractivity contribution in [3.8, 4) is 23.0 Å².